The van der Waals surface area contributed by atoms with Crippen molar-refractivity contribution in [3.63, 3.8) is 0 Å². The molecule has 3 aliphatic rings. The zero-order valence-corrected chi connectivity index (χ0v) is 19.1. The molecule has 2 saturated carbocycles. The van der Waals surface area contributed by atoms with Crippen molar-refractivity contribution in [3.8, 4) is 0 Å². The summed E-state index contributed by atoms with van der Waals surface area (Å²) in [6.07, 6.45) is 0.901. The second-order valence-corrected chi connectivity index (χ2v) is 10.2. The minimum Gasteiger partial charge on any atom is -0.457 e. The van der Waals surface area contributed by atoms with Gasteiger partial charge in [-0.2, -0.15) is 0 Å². The predicted octanol–water partition coefficient (Wildman–Crippen LogP) is 4.33. The number of esters is 1. The number of benzene rings is 2. The molecule has 1 aliphatic heterocycles. The summed E-state index contributed by atoms with van der Waals surface area (Å²) in [5, 5.41) is 0. The van der Waals surface area contributed by atoms with E-state index in [1.165, 1.54) is 4.90 Å². The van der Waals surface area contributed by atoms with Crippen LogP contribution >= 0.6 is 31.9 Å². The number of imide groups is 1. The largest absolute Gasteiger partial charge is 0.457 e. The highest BCUT2D eigenvalue weighted by molar-refractivity contribution is 9.12. The highest BCUT2D eigenvalue weighted by atomic mass is 79.9. The average molecular weight is 533 g/mol. The van der Waals surface area contributed by atoms with Gasteiger partial charge in [0.15, 0.2) is 0 Å². The van der Waals surface area contributed by atoms with Crippen molar-refractivity contribution in [2.75, 3.05) is 4.90 Å². The summed E-state index contributed by atoms with van der Waals surface area (Å²) in [7, 11) is 0. The van der Waals surface area contributed by atoms with Crippen LogP contribution in [0, 0.1) is 23.7 Å². The van der Waals surface area contributed by atoms with Crippen LogP contribution in [-0.2, 0) is 20.9 Å². The fraction of sp³-hybridized carbons (Fsp3) is 0.348. The molecule has 0 radical (unpaired) electrons. The Morgan fingerprint density at radius 3 is 2.03 bits per heavy atom. The molecule has 2 aromatic carbocycles. The monoisotopic (exact) mass is 531 g/mol. The molecule has 2 amide bonds. The van der Waals surface area contributed by atoms with Gasteiger partial charge < -0.3 is 4.74 Å². The number of hydrogen-bond acceptors (Lipinski definition) is 4. The van der Waals surface area contributed by atoms with Gasteiger partial charge in [0.25, 0.3) is 0 Å². The molecule has 5 rings (SSSR count). The van der Waals surface area contributed by atoms with E-state index in [0.717, 1.165) is 12.0 Å². The maximum atomic E-state index is 13.1. The van der Waals surface area contributed by atoms with Crippen LogP contribution < -0.4 is 4.90 Å². The molecular weight excluding hydrogens is 514 g/mol. The summed E-state index contributed by atoms with van der Waals surface area (Å²) in [5.41, 5.74) is 1.80. The van der Waals surface area contributed by atoms with E-state index < -0.39 is 5.97 Å². The number of anilines is 1. The molecule has 0 unspecified atom stereocenters. The van der Waals surface area contributed by atoms with Crippen molar-refractivity contribution < 1.29 is 19.1 Å². The third kappa shape index (κ3) is 3.05. The number of alkyl halides is 2. The summed E-state index contributed by atoms with van der Waals surface area (Å²) in [6, 6.07) is 16.0. The maximum absolute atomic E-state index is 13.1. The lowest BCUT2D eigenvalue weighted by molar-refractivity contribution is -0.123. The predicted molar refractivity (Wildman–Crippen MR) is 119 cm³/mol. The second-order valence-electron chi connectivity index (χ2n) is 8.12. The third-order valence-electron chi connectivity index (χ3n) is 6.56. The Labute approximate surface area is 191 Å². The highest BCUT2D eigenvalue weighted by Crippen LogP contribution is 2.60. The van der Waals surface area contributed by atoms with Crippen molar-refractivity contribution in [2.24, 2.45) is 23.7 Å². The van der Waals surface area contributed by atoms with E-state index in [-0.39, 0.29) is 51.7 Å². The fourth-order valence-electron chi connectivity index (χ4n) is 5.16. The molecule has 3 fully saturated rings. The van der Waals surface area contributed by atoms with E-state index >= 15 is 0 Å². The standard InChI is InChI=1S/C23H19Br2NO4/c24-19-15-10-16(20(19)25)18-17(15)21(27)26(22(18)28)14-8-6-13(7-9-14)23(29)30-11-12-4-2-1-3-5-12/h1-9,15-20H,10-11H2/t15-,16-,17-,18-,19-,20+/m0/s1. The molecule has 0 spiro atoms. The van der Waals surface area contributed by atoms with Gasteiger partial charge in [-0.1, -0.05) is 62.2 Å². The van der Waals surface area contributed by atoms with Gasteiger partial charge in [-0.15, -0.1) is 0 Å². The molecule has 6 atom stereocenters. The molecule has 5 nitrogen and oxygen atoms in total. The number of carbonyl (C=O) groups is 3. The van der Waals surface area contributed by atoms with Crippen molar-refractivity contribution in [1.82, 2.24) is 0 Å². The molecule has 0 N–H and O–H groups in total. The molecule has 2 bridgehead atoms. The van der Waals surface area contributed by atoms with Crippen molar-refractivity contribution in [2.45, 2.75) is 22.7 Å². The van der Waals surface area contributed by atoms with Gasteiger partial charge in [-0.25, -0.2) is 4.79 Å². The lowest BCUT2D eigenvalue weighted by atomic mass is 9.81. The second kappa shape index (κ2) is 7.61. The molecule has 0 aromatic heterocycles. The lowest BCUT2D eigenvalue weighted by Gasteiger charge is -2.28. The summed E-state index contributed by atoms with van der Waals surface area (Å²) < 4.78 is 5.35. The average Bonchev–Trinajstić information content (AvgIpc) is 3.38. The van der Waals surface area contributed by atoms with Crippen LogP contribution in [0.15, 0.2) is 54.6 Å². The maximum Gasteiger partial charge on any atom is 0.338 e. The minimum absolute atomic E-state index is 0.124. The summed E-state index contributed by atoms with van der Waals surface area (Å²) in [5.74, 6) is -0.839. The lowest BCUT2D eigenvalue weighted by Crippen LogP contribution is -2.37. The Morgan fingerprint density at radius 2 is 1.47 bits per heavy atom. The quantitative estimate of drug-likeness (QED) is 0.334. The van der Waals surface area contributed by atoms with Crippen LogP contribution in [0.3, 0.4) is 0 Å². The number of halogens is 2. The summed E-state index contributed by atoms with van der Waals surface area (Å²) >= 11 is 7.39. The molecule has 154 valence electrons. The van der Waals surface area contributed by atoms with Gasteiger partial charge >= 0.3 is 5.97 Å². The van der Waals surface area contributed by atoms with Crippen LogP contribution in [0.5, 0.6) is 0 Å². The first kappa shape index (κ1) is 19.9. The molecule has 30 heavy (non-hydrogen) atoms. The summed E-state index contributed by atoms with van der Waals surface area (Å²) in [4.78, 5) is 40.2. The topological polar surface area (TPSA) is 63.7 Å². The number of ether oxygens (including phenoxy) is 1. The number of amides is 2. The Morgan fingerprint density at radius 1 is 0.900 bits per heavy atom. The van der Waals surface area contributed by atoms with Gasteiger partial charge in [0, 0.05) is 9.65 Å². The van der Waals surface area contributed by atoms with Crippen molar-refractivity contribution in [1.29, 1.82) is 0 Å². The Kier molecular flexibility index (Phi) is 5.06. The zero-order chi connectivity index (χ0) is 21.0. The number of nitrogens with zero attached hydrogens (tertiary/aromatic N) is 1. The molecule has 1 heterocycles. The first-order chi connectivity index (χ1) is 14.5. The van der Waals surface area contributed by atoms with Gasteiger partial charge in [0.1, 0.15) is 6.61 Å². The zero-order valence-electron chi connectivity index (χ0n) is 15.9. The van der Waals surface area contributed by atoms with Gasteiger partial charge in [-0.05, 0) is 48.1 Å². The number of rotatable bonds is 4. The van der Waals surface area contributed by atoms with Crippen molar-refractivity contribution in [3.05, 3.63) is 65.7 Å². The van der Waals surface area contributed by atoms with Crippen molar-refractivity contribution >= 4 is 55.3 Å². The summed E-state index contributed by atoms with van der Waals surface area (Å²) in [6.45, 7) is 0.193. The number of carbonyl (C=O) groups excluding carboxylic acids is 3. The van der Waals surface area contributed by atoms with E-state index in [0.29, 0.717) is 11.3 Å². The van der Waals surface area contributed by atoms with E-state index in [4.69, 9.17) is 4.74 Å². The number of fused-ring (bicyclic) bond motifs is 5. The Hall–Kier alpha value is -1.99. The van der Waals surface area contributed by atoms with E-state index in [9.17, 15) is 14.4 Å². The van der Waals surface area contributed by atoms with Crippen LogP contribution in [-0.4, -0.2) is 27.4 Å². The third-order valence-corrected chi connectivity index (χ3v) is 9.77. The van der Waals surface area contributed by atoms with E-state index in [2.05, 4.69) is 31.9 Å². The van der Waals surface area contributed by atoms with E-state index in [1.54, 1.807) is 24.3 Å². The van der Waals surface area contributed by atoms with Gasteiger partial charge in [0.05, 0.1) is 23.1 Å². The van der Waals surface area contributed by atoms with Gasteiger partial charge in [0.2, 0.25) is 11.8 Å². The molecule has 1 saturated heterocycles. The molecular formula is C23H19Br2NO4. The van der Waals surface area contributed by atoms with Crippen LogP contribution in [0.4, 0.5) is 5.69 Å². The fourth-order valence-corrected chi connectivity index (χ4v) is 7.03. The highest BCUT2D eigenvalue weighted by Gasteiger charge is 2.66. The molecule has 2 aliphatic carbocycles. The smallest absolute Gasteiger partial charge is 0.338 e. The van der Waals surface area contributed by atoms with E-state index in [1.807, 2.05) is 30.3 Å². The normalized spacial score (nSPS) is 31.9. The van der Waals surface area contributed by atoms with Crippen LogP contribution in [0.2, 0.25) is 0 Å². The minimum atomic E-state index is -0.441. The molecule has 7 heteroatoms. The number of hydrogen-bond donors (Lipinski definition) is 0. The van der Waals surface area contributed by atoms with Gasteiger partial charge in [-0.3, -0.25) is 14.5 Å². The molecule has 2 aromatic rings. The first-order valence-corrected chi connectivity index (χ1v) is 11.8. The SMILES string of the molecule is O=C(OCc1ccccc1)c1ccc(N2C(=O)[C@H]3[C@@H]4C[C@H]([C@@H](Br)[C@H]4Br)[C@@H]3C2=O)cc1. The first-order valence-electron chi connectivity index (χ1n) is 9.94. The van der Waals surface area contributed by atoms with Crippen LogP contribution in [0.25, 0.3) is 0 Å². The van der Waals surface area contributed by atoms with Crippen LogP contribution in [0.1, 0.15) is 22.3 Å². The Bertz CT molecular complexity index is 978. The Balaban J connectivity index is 1.31.